The second-order valence-corrected chi connectivity index (χ2v) is 15.4. The third-order valence-corrected chi connectivity index (χ3v) is 13.0. The summed E-state index contributed by atoms with van der Waals surface area (Å²) < 4.78 is 5.44. The highest BCUT2D eigenvalue weighted by atomic mass is 16.5. The quantitative estimate of drug-likeness (QED) is 0.442. The summed E-state index contributed by atoms with van der Waals surface area (Å²) >= 11 is 0. The van der Waals surface area contributed by atoms with Crippen LogP contribution in [0.2, 0.25) is 0 Å². The minimum absolute atomic E-state index is 0.0112. The first kappa shape index (κ1) is 27.4. The highest BCUT2D eigenvalue weighted by Crippen LogP contribution is 2.72. The van der Waals surface area contributed by atoms with Crippen LogP contribution in [0.4, 0.5) is 0 Å². The molecule has 0 unspecified atom stereocenters. The molecule has 8 atom stereocenters. The molecule has 6 heteroatoms. The van der Waals surface area contributed by atoms with Crippen LogP contribution in [0.3, 0.4) is 0 Å². The van der Waals surface area contributed by atoms with Crippen LogP contribution < -0.4 is 5.32 Å². The Morgan fingerprint density at radius 1 is 0.974 bits per heavy atom. The Labute approximate surface area is 228 Å². The van der Waals surface area contributed by atoms with E-state index in [0.29, 0.717) is 6.42 Å². The van der Waals surface area contributed by atoms with Gasteiger partial charge in [-0.1, -0.05) is 54.5 Å². The van der Waals surface area contributed by atoms with Crippen LogP contribution in [0.15, 0.2) is 11.6 Å². The summed E-state index contributed by atoms with van der Waals surface area (Å²) in [6.07, 6.45) is 8.38. The van der Waals surface area contributed by atoms with E-state index >= 15 is 0 Å². The van der Waals surface area contributed by atoms with Gasteiger partial charge in [0.2, 0.25) is 5.91 Å². The number of carbonyl (C=O) groups is 3. The number of carbonyl (C=O) groups excluding carboxylic acids is 3. The summed E-state index contributed by atoms with van der Waals surface area (Å²) in [5, 5.41) is 13.4. The molecule has 0 aromatic carbocycles. The van der Waals surface area contributed by atoms with E-state index in [9.17, 15) is 19.6 Å². The van der Waals surface area contributed by atoms with Crippen LogP contribution in [-0.2, 0) is 19.1 Å². The zero-order valence-electron chi connectivity index (χ0n) is 24.6. The van der Waals surface area contributed by atoms with Crippen molar-refractivity contribution in [3.63, 3.8) is 0 Å². The van der Waals surface area contributed by atoms with Crippen molar-refractivity contribution in [2.45, 2.75) is 106 Å². The largest absolute Gasteiger partial charge is 0.469 e. The molecule has 3 saturated carbocycles. The van der Waals surface area contributed by atoms with Crippen LogP contribution in [0.5, 0.6) is 0 Å². The van der Waals surface area contributed by atoms with Crippen molar-refractivity contribution in [3.8, 4) is 6.07 Å². The fraction of sp³-hybridized carbons (Fsp3) is 0.812. The van der Waals surface area contributed by atoms with E-state index in [4.69, 9.17) is 4.74 Å². The lowest BCUT2D eigenvalue weighted by Crippen LogP contribution is -2.68. The van der Waals surface area contributed by atoms with Crippen LogP contribution >= 0.6 is 0 Å². The average molecular weight is 523 g/mol. The lowest BCUT2D eigenvalue weighted by atomic mass is 9.36. The minimum Gasteiger partial charge on any atom is -0.469 e. The van der Waals surface area contributed by atoms with E-state index < -0.39 is 16.2 Å². The summed E-state index contributed by atoms with van der Waals surface area (Å²) in [5.41, 5.74) is -1.79. The van der Waals surface area contributed by atoms with Crippen molar-refractivity contribution in [2.24, 2.45) is 50.2 Å². The monoisotopic (exact) mass is 522 g/mol. The molecule has 1 N–H and O–H groups in total. The number of Topliss-reactive ketones (excluding diaryl/α,β-unsaturated/α-hetero) is 1. The Morgan fingerprint density at radius 2 is 1.63 bits per heavy atom. The molecule has 1 amide bonds. The van der Waals surface area contributed by atoms with Gasteiger partial charge in [-0.15, -0.1) is 0 Å². The number of nitrogens with zero attached hydrogens (tertiary/aromatic N) is 1. The predicted octanol–water partition coefficient (Wildman–Crippen LogP) is 5.76. The second-order valence-electron chi connectivity index (χ2n) is 15.4. The highest BCUT2D eigenvalue weighted by molar-refractivity contribution is 6.04. The maximum Gasteiger partial charge on any atom is 0.312 e. The number of allylic oxidation sites excluding steroid dienone is 2. The van der Waals surface area contributed by atoms with Crippen molar-refractivity contribution < 1.29 is 19.1 Å². The number of methoxy groups -OCH3 is 1. The van der Waals surface area contributed by atoms with Gasteiger partial charge in [0.1, 0.15) is 6.07 Å². The maximum absolute atomic E-state index is 13.9. The van der Waals surface area contributed by atoms with Crippen molar-refractivity contribution >= 4 is 17.7 Å². The van der Waals surface area contributed by atoms with Crippen molar-refractivity contribution in [1.29, 1.82) is 5.26 Å². The molecule has 1 heterocycles. The third-order valence-electron chi connectivity index (χ3n) is 13.0. The first-order valence-electron chi connectivity index (χ1n) is 14.6. The highest BCUT2D eigenvalue weighted by Gasteiger charge is 2.71. The first-order valence-corrected chi connectivity index (χ1v) is 14.6. The molecule has 5 aliphatic rings. The van der Waals surface area contributed by atoms with Crippen molar-refractivity contribution in [3.05, 3.63) is 11.6 Å². The molecular weight excluding hydrogens is 476 g/mol. The molecule has 4 fully saturated rings. The van der Waals surface area contributed by atoms with E-state index in [2.05, 4.69) is 46.0 Å². The van der Waals surface area contributed by atoms with Gasteiger partial charge in [0.05, 0.1) is 18.1 Å². The molecule has 0 aromatic rings. The van der Waals surface area contributed by atoms with Crippen molar-refractivity contribution in [1.82, 2.24) is 5.32 Å². The fourth-order valence-corrected chi connectivity index (χ4v) is 10.6. The summed E-state index contributed by atoms with van der Waals surface area (Å²) in [6.45, 7) is 15.5. The Morgan fingerprint density at radius 3 is 2.26 bits per heavy atom. The molecule has 0 aromatic heterocycles. The average Bonchev–Trinajstić information content (AvgIpc) is 2.93. The molecule has 4 aliphatic carbocycles. The number of ether oxygens (including phenoxy) is 1. The molecule has 0 spiro atoms. The predicted molar refractivity (Wildman–Crippen MR) is 144 cm³/mol. The van der Waals surface area contributed by atoms with Gasteiger partial charge in [-0.05, 0) is 84.4 Å². The second kappa shape index (κ2) is 8.18. The van der Waals surface area contributed by atoms with E-state index in [1.165, 1.54) is 7.11 Å². The molecule has 208 valence electrons. The molecule has 1 aliphatic heterocycles. The number of rotatable bonds is 1. The van der Waals surface area contributed by atoms with E-state index in [1.807, 2.05) is 19.9 Å². The smallest absolute Gasteiger partial charge is 0.312 e. The van der Waals surface area contributed by atoms with Gasteiger partial charge in [-0.2, -0.15) is 5.26 Å². The van der Waals surface area contributed by atoms with Gasteiger partial charge in [0.15, 0.2) is 5.78 Å². The van der Waals surface area contributed by atoms with Gasteiger partial charge in [-0.25, -0.2) is 0 Å². The summed E-state index contributed by atoms with van der Waals surface area (Å²) in [6, 6.07) is 2.07. The Balaban J connectivity index is 1.67. The van der Waals surface area contributed by atoms with E-state index in [1.54, 1.807) is 0 Å². The number of amides is 1. The molecule has 0 bridgehead atoms. The number of hydrogen-bond donors (Lipinski definition) is 1. The number of nitrogens with one attached hydrogen (secondary N) is 1. The number of fused-ring (bicyclic) bond motifs is 7. The Bertz CT molecular complexity index is 1160. The third kappa shape index (κ3) is 3.32. The van der Waals surface area contributed by atoms with Gasteiger partial charge in [0, 0.05) is 17.9 Å². The Kier molecular flexibility index (Phi) is 5.90. The van der Waals surface area contributed by atoms with Crippen molar-refractivity contribution in [2.75, 3.05) is 7.11 Å². The van der Waals surface area contributed by atoms with Crippen LogP contribution in [0, 0.1) is 61.6 Å². The first-order chi connectivity index (χ1) is 17.5. The standard InChI is InChI=1S/C32H46N2O4/c1-27(2)11-13-32(26(37)38-8)14-12-31(7)24(20(32)17-27)34-23(35)15-22-29(5)16-19(18-33)25(36)28(3,4)21(29)9-10-30(22,31)6/h16,20-22,24H,9-15,17H2,1-8H3,(H,34,35)/t20-,21+,22-,24-,29+,30-,31-,32+/m1/s1. The zero-order chi connectivity index (χ0) is 28.1. The van der Waals surface area contributed by atoms with Crippen LogP contribution in [0.1, 0.15) is 99.8 Å². The van der Waals surface area contributed by atoms with Gasteiger partial charge < -0.3 is 10.1 Å². The maximum atomic E-state index is 13.9. The number of esters is 1. The summed E-state index contributed by atoms with van der Waals surface area (Å²) in [5.74, 6) is -0.0958. The molecular formula is C32H46N2O4. The topological polar surface area (TPSA) is 96.3 Å². The normalized spacial score (nSPS) is 47.0. The van der Waals surface area contributed by atoms with Gasteiger partial charge >= 0.3 is 5.97 Å². The molecule has 0 radical (unpaired) electrons. The molecule has 1 saturated heterocycles. The number of hydrogen-bond acceptors (Lipinski definition) is 5. The summed E-state index contributed by atoms with van der Waals surface area (Å²) in [7, 11) is 1.50. The van der Waals surface area contributed by atoms with E-state index in [-0.39, 0.29) is 63.3 Å². The lowest BCUT2D eigenvalue weighted by molar-refractivity contribution is -0.194. The van der Waals surface area contributed by atoms with Crippen LogP contribution in [0.25, 0.3) is 0 Å². The van der Waals surface area contributed by atoms with Gasteiger partial charge in [0.25, 0.3) is 0 Å². The molecule has 6 nitrogen and oxygen atoms in total. The zero-order valence-corrected chi connectivity index (χ0v) is 24.6. The number of nitriles is 1. The van der Waals surface area contributed by atoms with Crippen LogP contribution in [-0.4, -0.2) is 30.8 Å². The SMILES string of the molecule is COC(=O)[C@]12CCC(C)(C)C[C@@H]1[C@H]1NC(=O)C[C@@H]3[C@@]4(C)C=C(C#N)C(=O)C(C)(C)[C@@H]4CC[C@@]3(C)[C@]1(C)CC2. The minimum atomic E-state index is -0.654. The van der Waals surface area contributed by atoms with E-state index in [0.717, 1.165) is 44.9 Å². The molecule has 38 heavy (non-hydrogen) atoms. The Hall–Kier alpha value is -2.16. The number of ketones is 1. The lowest BCUT2D eigenvalue weighted by Gasteiger charge is -2.68. The molecule has 5 rings (SSSR count). The van der Waals surface area contributed by atoms with Gasteiger partial charge in [-0.3, -0.25) is 14.4 Å². The summed E-state index contributed by atoms with van der Waals surface area (Å²) in [4.78, 5) is 40.6. The fourth-order valence-electron chi connectivity index (χ4n) is 10.6.